The number of anilines is 1. The van der Waals surface area contributed by atoms with Crippen LogP contribution in [0.15, 0.2) is 48.0 Å². The summed E-state index contributed by atoms with van der Waals surface area (Å²) in [6, 6.07) is 14.9. The van der Waals surface area contributed by atoms with Gasteiger partial charge in [-0.3, -0.25) is 4.79 Å². The normalized spacial score (nSPS) is 10.8. The first kappa shape index (κ1) is 16.3. The molecule has 0 radical (unpaired) electrons. The van der Waals surface area contributed by atoms with Crippen molar-refractivity contribution in [3.8, 4) is 11.8 Å². The Balaban J connectivity index is 2.22. The Hall–Kier alpha value is -3.06. The van der Waals surface area contributed by atoms with E-state index >= 15 is 0 Å². The predicted octanol–water partition coefficient (Wildman–Crippen LogP) is 3.86. The van der Waals surface area contributed by atoms with Crippen molar-refractivity contribution >= 4 is 17.7 Å². The molecule has 23 heavy (non-hydrogen) atoms. The van der Waals surface area contributed by atoms with Gasteiger partial charge < -0.3 is 10.1 Å². The number of ether oxygens (including phenoxy) is 1. The van der Waals surface area contributed by atoms with Crippen LogP contribution in [0.4, 0.5) is 5.69 Å². The summed E-state index contributed by atoms with van der Waals surface area (Å²) in [6.45, 7) is 3.86. The molecule has 0 unspecified atom stereocenters. The quantitative estimate of drug-likeness (QED) is 0.689. The molecule has 0 saturated carbocycles. The topological polar surface area (TPSA) is 62.1 Å². The van der Waals surface area contributed by atoms with E-state index in [4.69, 9.17) is 4.74 Å². The highest BCUT2D eigenvalue weighted by Gasteiger charge is 2.11. The van der Waals surface area contributed by atoms with Crippen LogP contribution in [0.5, 0.6) is 5.75 Å². The van der Waals surface area contributed by atoms with Crippen LogP contribution in [0.3, 0.4) is 0 Å². The number of aryl methyl sites for hydroxylation is 2. The number of nitriles is 1. The highest BCUT2D eigenvalue weighted by atomic mass is 16.5. The lowest BCUT2D eigenvalue weighted by molar-refractivity contribution is -0.112. The molecule has 0 atom stereocenters. The smallest absolute Gasteiger partial charge is 0.266 e. The van der Waals surface area contributed by atoms with E-state index in [1.54, 1.807) is 37.5 Å². The molecule has 0 spiro atoms. The summed E-state index contributed by atoms with van der Waals surface area (Å²) in [5, 5.41) is 12.0. The van der Waals surface area contributed by atoms with Gasteiger partial charge in [-0.25, -0.2) is 0 Å². The second-order valence-electron chi connectivity index (χ2n) is 5.22. The zero-order valence-corrected chi connectivity index (χ0v) is 13.4. The molecule has 0 aliphatic heterocycles. The zero-order valence-electron chi connectivity index (χ0n) is 13.4. The Bertz CT molecular complexity index is 784. The molecule has 0 aliphatic carbocycles. The highest BCUT2D eigenvalue weighted by molar-refractivity contribution is 6.10. The maximum Gasteiger partial charge on any atom is 0.266 e. The number of hydrogen-bond donors (Lipinski definition) is 1. The van der Waals surface area contributed by atoms with Crippen molar-refractivity contribution in [3.63, 3.8) is 0 Å². The molecule has 1 N–H and O–H groups in total. The van der Waals surface area contributed by atoms with Crippen LogP contribution in [0.2, 0.25) is 0 Å². The summed E-state index contributed by atoms with van der Waals surface area (Å²) in [7, 11) is 1.59. The molecule has 2 aromatic rings. The van der Waals surface area contributed by atoms with Gasteiger partial charge in [0.25, 0.3) is 5.91 Å². The maximum absolute atomic E-state index is 12.3. The average molecular weight is 306 g/mol. The molecule has 0 aromatic heterocycles. The van der Waals surface area contributed by atoms with E-state index in [2.05, 4.69) is 5.32 Å². The third kappa shape index (κ3) is 4.21. The number of methoxy groups -OCH3 is 1. The van der Waals surface area contributed by atoms with E-state index in [1.165, 1.54) is 0 Å². The van der Waals surface area contributed by atoms with Gasteiger partial charge in [0.05, 0.1) is 7.11 Å². The van der Waals surface area contributed by atoms with Gasteiger partial charge in [-0.15, -0.1) is 0 Å². The lowest BCUT2D eigenvalue weighted by atomic mass is 10.1. The van der Waals surface area contributed by atoms with Gasteiger partial charge in [-0.05, 0) is 54.8 Å². The van der Waals surface area contributed by atoms with Crippen molar-refractivity contribution in [1.82, 2.24) is 0 Å². The van der Waals surface area contributed by atoms with E-state index in [9.17, 15) is 10.1 Å². The molecule has 0 bridgehead atoms. The van der Waals surface area contributed by atoms with E-state index in [-0.39, 0.29) is 5.57 Å². The van der Waals surface area contributed by atoms with Crippen LogP contribution in [-0.4, -0.2) is 13.0 Å². The summed E-state index contributed by atoms with van der Waals surface area (Å²) in [4.78, 5) is 12.3. The van der Waals surface area contributed by atoms with Gasteiger partial charge in [-0.2, -0.15) is 5.26 Å². The minimum Gasteiger partial charge on any atom is -0.497 e. The number of amides is 1. The number of carbonyl (C=O) groups is 1. The van der Waals surface area contributed by atoms with Crippen LogP contribution in [0.25, 0.3) is 6.08 Å². The van der Waals surface area contributed by atoms with Gasteiger partial charge in [0.1, 0.15) is 17.4 Å². The second kappa shape index (κ2) is 7.28. The minimum atomic E-state index is -0.419. The Labute approximate surface area is 136 Å². The molecule has 1 amide bonds. The molecule has 2 aromatic carbocycles. The van der Waals surface area contributed by atoms with Crippen molar-refractivity contribution in [3.05, 3.63) is 64.7 Å². The van der Waals surface area contributed by atoms with Crippen molar-refractivity contribution < 1.29 is 9.53 Å². The van der Waals surface area contributed by atoms with Gasteiger partial charge in [0, 0.05) is 5.69 Å². The molecule has 4 nitrogen and oxygen atoms in total. The fourth-order valence-corrected chi connectivity index (χ4v) is 2.08. The summed E-state index contributed by atoms with van der Waals surface area (Å²) in [5.41, 5.74) is 3.52. The summed E-state index contributed by atoms with van der Waals surface area (Å²) in [6.07, 6.45) is 1.56. The Morgan fingerprint density at radius 1 is 1.17 bits per heavy atom. The standard InChI is InChI=1S/C19H18N2O2/c1-13-4-5-14(2)18(10-13)21-19(22)16(12-20)11-15-6-8-17(23-3)9-7-15/h4-11H,1-3H3,(H,21,22). The van der Waals surface area contributed by atoms with E-state index in [0.717, 1.165) is 22.4 Å². The van der Waals surface area contributed by atoms with Crippen molar-refractivity contribution in [2.45, 2.75) is 13.8 Å². The van der Waals surface area contributed by atoms with Crippen molar-refractivity contribution in [2.24, 2.45) is 0 Å². The first-order chi connectivity index (χ1) is 11.0. The van der Waals surface area contributed by atoms with Crippen LogP contribution in [0.1, 0.15) is 16.7 Å². The molecule has 2 rings (SSSR count). The summed E-state index contributed by atoms with van der Waals surface area (Å²) < 4.78 is 5.09. The van der Waals surface area contributed by atoms with Crippen molar-refractivity contribution in [2.75, 3.05) is 12.4 Å². The Morgan fingerprint density at radius 3 is 2.48 bits per heavy atom. The predicted molar refractivity (Wildman–Crippen MR) is 91.1 cm³/mol. The Morgan fingerprint density at radius 2 is 1.87 bits per heavy atom. The fourth-order valence-electron chi connectivity index (χ4n) is 2.08. The summed E-state index contributed by atoms with van der Waals surface area (Å²) in [5.74, 6) is 0.303. The third-order valence-electron chi connectivity index (χ3n) is 3.43. The molecule has 0 saturated heterocycles. The first-order valence-electron chi connectivity index (χ1n) is 7.18. The number of nitrogens with one attached hydrogen (secondary N) is 1. The fraction of sp³-hybridized carbons (Fsp3) is 0.158. The van der Waals surface area contributed by atoms with E-state index in [1.807, 2.05) is 38.1 Å². The van der Waals surface area contributed by atoms with Gasteiger partial charge >= 0.3 is 0 Å². The molecule has 0 fully saturated rings. The SMILES string of the molecule is COc1ccc(C=C(C#N)C(=O)Nc2cc(C)ccc2C)cc1. The van der Waals surface area contributed by atoms with Gasteiger partial charge in [0.2, 0.25) is 0 Å². The molecular weight excluding hydrogens is 288 g/mol. The Kier molecular flexibility index (Phi) is 5.16. The zero-order chi connectivity index (χ0) is 16.8. The molecule has 0 aliphatic rings. The van der Waals surface area contributed by atoms with Gasteiger partial charge in [0.15, 0.2) is 0 Å². The largest absolute Gasteiger partial charge is 0.497 e. The number of carbonyl (C=O) groups excluding carboxylic acids is 1. The molecule has 4 heteroatoms. The van der Waals surface area contributed by atoms with Crippen LogP contribution >= 0.6 is 0 Å². The monoisotopic (exact) mass is 306 g/mol. The van der Waals surface area contributed by atoms with E-state index in [0.29, 0.717) is 5.69 Å². The number of hydrogen-bond acceptors (Lipinski definition) is 3. The lowest BCUT2D eigenvalue weighted by Crippen LogP contribution is -2.14. The van der Waals surface area contributed by atoms with Crippen LogP contribution in [0, 0.1) is 25.2 Å². The number of benzene rings is 2. The number of nitrogens with zero attached hydrogens (tertiary/aromatic N) is 1. The lowest BCUT2D eigenvalue weighted by Gasteiger charge is -2.09. The minimum absolute atomic E-state index is 0.0519. The third-order valence-corrected chi connectivity index (χ3v) is 3.43. The van der Waals surface area contributed by atoms with Crippen molar-refractivity contribution in [1.29, 1.82) is 5.26 Å². The molecular formula is C19H18N2O2. The molecule has 0 heterocycles. The van der Waals surface area contributed by atoms with Crippen LogP contribution in [-0.2, 0) is 4.79 Å². The van der Waals surface area contributed by atoms with E-state index < -0.39 is 5.91 Å². The number of rotatable bonds is 4. The first-order valence-corrected chi connectivity index (χ1v) is 7.18. The van der Waals surface area contributed by atoms with Crippen LogP contribution < -0.4 is 10.1 Å². The van der Waals surface area contributed by atoms with Gasteiger partial charge in [-0.1, -0.05) is 24.3 Å². The highest BCUT2D eigenvalue weighted by Crippen LogP contribution is 2.18. The molecule has 116 valence electrons. The average Bonchev–Trinajstić information content (AvgIpc) is 2.56. The second-order valence-corrected chi connectivity index (χ2v) is 5.22. The maximum atomic E-state index is 12.3. The summed E-state index contributed by atoms with van der Waals surface area (Å²) >= 11 is 0.